The third-order valence-corrected chi connectivity index (χ3v) is 3.63. The van der Waals surface area contributed by atoms with Crippen LogP contribution in [0, 0.1) is 0 Å². The maximum absolute atomic E-state index is 11.3. The summed E-state index contributed by atoms with van der Waals surface area (Å²) in [6.07, 6.45) is -5.23. The summed E-state index contributed by atoms with van der Waals surface area (Å²) in [5, 5.41) is 60.0. The molecule has 0 aromatic heterocycles. The van der Waals surface area contributed by atoms with Crippen molar-refractivity contribution in [3.8, 4) is 0 Å². The number of nitrogens with two attached hydrogens (primary N) is 1. The molecule has 11 heteroatoms. The largest absolute Gasteiger partial charge is 0.480 e. The van der Waals surface area contributed by atoms with Gasteiger partial charge in [-0.05, 0) is 0 Å². The van der Waals surface area contributed by atoms with Crippen molar-refractivity contribution in [1.29, 1.82) is 0 Å². The molecular weight excluding hydrogens is 304 g/mol. The topological polar surface area (TPSA) is 203 Å². The van der Waals surface area contributed by atoms with Gasteiger partial charge >= 0.3 is 5.97 Å². The first-order chi connectivity index (χ1) is 10.0. The van der Waals surface area contributed by atoms with Gasteiger partial charge in [0.25, 0.3) is 0 Å². The minimum Gasteiger partial charge on any atom is -0.480 e. The lowest BCUT2D eigenvalue weighted by atomic mass is 9.78. The van der Waals surface area contributed by atoms with Crippen LogP contribution in [0.5, 0.6) is 0 Å². The van der Waals surface area contributed by atoms with Crippen LogP contribution in [0.4, 0.5) is 0 Å². The lowest BCUT2D eigenvalue weighted by molar-refractivity contribution is -0.342. The number of rotatable bonds is 5. The van der Waals surface area contributed by atoms with Crippen LogP contribution in [0.25, 0.3) is 0 Å². The van der Waals surface area contributed by atoms with E-state index in [2.05, 4.69) is 0 Å². The van der Waals surface area contributed by atoms with Crippen LogP contribution >= 0.6 is 0 Å². The molecule has 6 atom stereocenters. The van der Waals surface area contributed by atoms with Gasteiger partial charge in [-0.2, -0.15) is 0 Å². The monoisotopic (exact) mass is 324 g/mol. The first-order valence-corrected chi connectivity index (χ1v) is 6.32. The van der Waals surface area contributed by atoms with Crippen molar-refractivity contribution in [1.82, 2.24) is 5.32 Å². The Morgan fingerprint density at radius 3 is 2.23 bits per heavy atom. The number of aliphatic carboxylic acids is 1. The molecule has 0 spiro atoms. The molecular formula is C11H20N2O9. The molecule has 0 aromatic carbocycles. The Hall–Kier alpha value is -1.34. The molecule has 1 rings (SSSR count). The minimum absolute atomic E-state index is 0.786. The fraction of sp³-hybridized carbons (Fsp3) is 0.818. The summed E-state index contributed by atoms with van der Waals surface area (Å²) < 4.78 is 4.95. The number of carboxylic acid groups (broad SMARTS) is 1. The zero-order valence-corrected chi connectivity index (χ0v) is 11.7. The van der Waals surface area contributed by atoms with Crippen LogP contribution in [0.2, 0.25) is 0 Å². The summed E-state index contributed by atoms with van der Waals surface area (Å²) in [5.74, 6) is -5.66. The van der Waals surface area contributed by atoms with Crippen LogP contribution in [0.1, 0.15) is 6.92 Å². The van der Waals surface area contributed by atoms with E-state index in [1.54, 1.807) is 0 Å². The average Bonchev–Trinajstić information content (AvgIpc) is 2.45. The van der Waals surface area contributed by atoms with Gasteiger partial charge in [0.15, 0.2) is 5.54 Å². The van der Waals surface area contributed by atoms with Crippen molar-refractivity contribution in [2.45, 2.75) is 42.6 Å². The summed E-state index contributed by atoms with van der Waals surface area (Å²) in [6.45, 7) is -1.18. The third-order valence-electron chi connectivity index (χ3n) is 3.63. The Morgan fingerprint density at radius 1 is 1.32 bits per heavy atom. The van der Waals surface area contributed by atoms with E-state index >= 15 is 0 Å². The van der Waals surface area contributed by atoms with E-state index < -0.39 is 60.8 Å². The van der Waals surface area contributed by atoms with Crippen LogP contribution in [0.15, 0.2) is 0 Å². The lowest BCUT2D eigenvalue weighted by Gasteiger charge is -2.52. The number of hydrogen-bond donors (Lipinski definition) is 8. The number of hydrogen-bond acceptors (Lipinski definition) is 9. The molecule has 0 bridgehead atoms. The van der Waals surface area contributed by atoms with E-state index in [-0.39, 0.29) is 0 Å². The molecule has 1 fully saturated rings. The van der Waals surface area contributed by atoms with Crippen LogP contribution in [-0.4, -0.2) is 91.4 Å². The molecule has 1 heterocycles. The standard InChI is InChI=1S/C11H20N2O9/c1-4(16)13-8-7(18)6(17)5(2-14)22-11(8,21)10(12,3-15)9(19)20/h5-8,14-15,17-18,21H,2-3,12H2,1H3,(H,13,16)(H,19,20)/t5-,6+,7+,8-,10?,11?/m1/s1. The second-order valence-electron chi connectivity index (χ2n) is 5.13. The highest BCUT2D eigenvalue weighted by Crippen LogP contribution is 2.35. The highest BCUT2D eigenvalue weighted by Gasteiger charge is 2.66. The van der Waals surface area contributed by atoms with Gasteiger partial charge in [-0.25, -0.2) is 4.79 Å². The van der Waals surface area contributed by atoms with Crippen LogP contribution in [0.3, 0.4) is 0 Å². The highest BCUT2D eigenvalue weighted by atomic mass is 16.7. The van der Waals surface area contributed by atoms with E-state index in [1.165, 1.54) is 0 Å². The fourth-order valence-electron chi connectivity index (χ4n) is 2.29. The molecule has 1 aliphatic rings. The quantitative estimate of drug-likeness (QED) is 0.242. The van der Waals surface area contributed by atoms with Gasteiger partial charge in [0.2, 0.25) is 11.7 Å². The summed E-state index contributed by atoms with van der Waals surface area (Å²) in [6, 6.07) is -1.86. The SMILES string of the molecule is CC(=O)N[C@@H]1[C@@H](O)[C@@H](O)[C@@H](CO)OC1(O)C(N)(CO)C(=O)O. The second-order valence-corrected chi connectivity index (χ2v) is 5.13. The molecule has 2 unspecified atom stereocenters. The average molecular weight is 324 g/mol. The molecule has 11 nitrogen and oxygen atoms in total. The van der Waals surface area contributed by atoms with Crippen molar-refractivity contribution >= 4 is 11.9 Å². The smallest absolute Gasteiger partial charge is 0.331 e. The Kier molecular flexibility index (Phi) is 5.46. The molecule has 0 aliphatic carbocycles. The van der Waals surface area contributed by atoms with Gasteiger partial charge in [0.05, 0.1) is 13.2 Å². The molecule has 1 aliphatic heterocycles. The molecule has 1 saturated heterocycles. The fourth-order valence-corrected chi connectivity index (χ4v) is 2.29. The number of amides is 1. The predicted octanol–water partition coefficient (Wildman–Crippen LogP) is -4.93. The van der Waals surface area contributed by atoms with Crippen molar-refractivity contribution in [3.63, 3.8) is 0 Å². The molecule has 0 radical (unpaired) electrons. The number of carbonyl (C=O) groups is 2. The normalized spacial score (nSPS) is 38.1. The molecule has 9 N–H and O–H groups in total. The first-order valence-electron chi connectivity index (χ1n) is 6.32. The van der Waals surface area contributed by atoms with Gasteiger partial charge in [-0.1, -0.05) is 0 Å². The van der Waals surface area contributed by atoms with Gasteiger partial charge in [0.1, 0.15) is 24.4 Å². The van der Waals surface area contributed by atoms with Gasteiger partial charge in [-0.15, -0.1) is 0 Å². The predicted molar refractivity (Wildman–Crippen MR) is 68.2 cm³/mol. The van der Waals surface area contributed by atoms with Crippen LogP contribution < -0.4 is 11.1 Å². The summed E-state index contributed by atoms with van der Waals surface area (Å²) in [4.78, 5) is 22.5. The molecule has 22 heavy (non-hydrogen) atoms. The molecule has 0 aromatic rings. The molecule has 0 saturated carbocycles. The summed E-state index contributed by atoms with van der Waals surface area (Å²) in [7, 11) is 0. The summed E-state index contributed by atoms with van der Waals surface area (Å²) >= 11 is 0. The number of carbonyl (C=O) groups excluding carboxylic acids is 1. The van der Waals surface area contributed by atoms with Crippen molar-refractivity contribution in [3.05, 3.63) is 0 Å². The summed E-state index contributed by atoms with van der Waals surface area (Å²) in [5.41, 5.74) is 2.65. The Bertz CT molecular complexity index is 447. The number of ether oxygens (including phenoxy) is 1. The number of aliphatic hydroxyl groups is 5. The van der Waals surface area contributed by atoms with E-state index in [0.717, 1.165) is 6.92 Å². The Balaban J connectivity index is 3.40. The van der Waals surface area contributed by atoms with E-state index in [0.29, 0.717) is 0 Å². The molecule has 1 amide bonds. The third kappa shape index (κ3) is 2.79. The van der Waals surface area contributed by atoms with Crippen molar-refractivity contribution in [2.24, 2.45) is 5.73 Å². The second kappa shape index (κ2) is 6.42. The van der Waals surface area contributed by atoms with E-state index in [1.807, 2.05) is 5.32 Å². The molecule has 128 valence electrons. The highest BCUT2D eigenvalue weighted by molar-refractivity contribution is 5.81. The Morgan fingerprint density at radius 2 is 1.86 bits per heavy atom. The Labute approximate surface area is 124 Å². The van der Waals surface area contributed by atoms with Crippen molar-refractivity contribution in [2.75, 3.05) is 13.2 Å². The van der Waals surface area contributed by atoms with E-state index in [9.17, 15) is 30.0 Å². The maximum Gasteiger partial charge on any atom is 0.331 e. The zero-order valence-electron chi connectivity index (χ0n) is 11.7. The van der Waals surface area contributed by atoms with Crippen LogP contribution in [-0.2, 0) is 14.3 Å². The van der Waals surface area contributed by atoms with Gasteiger partial charge in [-0.3, -0.25) is 4.79 Å². The van der Waals surface area contributed by atoms with E-state index in [4.69, 9.17) is 20.7 Å². The minimum atomic E-state index is -2.99. The zero-order chi connectivity index (χ0) is 17.3. The van der Waals surface area contributed by atoms with Crippen molar-refractivity contribution < 1.29 is 45.0 Å². The lowest BCUT2D eigenvalue weighted by Crippen LogP contribution is -2.82. The van der Waals surface area contributed by atoms with Gasteiger partial charge < -0.3 is 46.4 Å². The van der Waals surface area contributed by atoms with Gasteiger partial charge in [0, 0.05) is 6.92 Å². The first kappa shape index (κ1) is 18.7. The number of carboxylic acids is 1. The number of aliphatic hydroxyl groups excluding tert-OH is 4. The number of nitrogens with one attached hydrogen (secondary N) is 1. The maximum atomic E-state index is 11.3.